The lowest BCUT2D eigenvalue weighted by Gasteiger charge is -2.74. The molecule has 146 valence electrons. The van der Waals surface area contributed by atoms with Gasteiger partial charge in [0.2, 0.25) is 0 Å². The SMILES string of the molecule is C.CC1=CC23C=C(C)C(C)C4=C(C)C(C)=CC5(C=C(C)C(C)C(=C1C)C52)C43.[2HH]. The normalized spacial score (nSPS) is 44.1. The summed E-state index contributed by atoms with van der Waals surface area (Å²) in [5.41, 5.74) is 13.1. The molecular formula is C27H38. The van der Waals surface area contributed by atoms with Crippen LogP contribution in [-0.2, 0) is 0 Å². The molecule has 0 saturated heterocycles. The summed E-state index contributed by atoms with van der Waals surface area (Å²) >= 11 is 0. The van der Waals surface area contributed by atoms with Crippen molar-refractivity contribution in [2.75, 3.05) is 0 Å². The summed E-state index contributed by atoms with van der Waals surface area (Å²) < 4.78 is 0. The predicted molar refractivity (Wildman–Crippen MR) is 119 cm³/mol. The Bertz CT molecular complexity index is 857. The van der Waals surface area contributed by atoms with E-state index in [9.17, 15) is 0 Å². The second-order valence-electron chi connectivity index (χ2n) is 9.90. The minimum Gasteiger partial charge on any atom is -0.0776 e. The Hall–Kier alpha value is -1.56. The lowest BCUT2D eigenvalue weighted by atomic mass is 9.29. The van der Waals surface area contributed by atoms with E-state index in [1.54, 1.807) is 33.4 Å². The van der Waals surface area contributed by atoms with Crippen molar-refractivity contribution in [3.05, 3.63) is 68.9 Å². The van der Waals surface area contributed by atoms with Gasteiger partial charge in [-0.15, -0.1) is 0 Å². The molecule has 0 radical (unpaired) electrons. The molecule has 0 aromatic carbocycles. The first-order valence-corrected chi connectivity index (χ1v) is 10.4. The van der Waals surface area contributed by atoms with Gasteiger partial charge in [0.05, 0.1) is 0 Å². The zero-order valence-corrected chi connectivity index (χ0v) is 17.6. The van der Waals surface area contributed by atoms with E-state index in [-0.39, 0.29) is 19.7 Å². The number of hydrogen-bond donors (Lipinski definition) is 0. The Labute approximate surface area is 168 Å². The molecule has 0 aliphatic heterocycles. The maximum absolute atomic E-state index is 2.67. The predicted octanol–water partition coefficient (Wildman–Crippen LogP) is 7.83. The second kappa shape index (κ2) is 5.28. The van der Waals surface area contributed by atoms with Crippen molar-refractivity contribution < 1.29 is 1.43 Å². The fourth-order valence-corrected chi connectivity index (χ4v) is 7.46. The van der Waals surface area contributed by atoms with Crippen molar-refractivity contribution in [2.24, 2.45) is 34.5 Å². The highest BCUT2D eigenvalue weighted by atomic mass is 14.8. The van der Waals surface area contributed by atoms with E-state index in [2.05, 4.69) is 79.7 Å². The lowest BCUT2D eigenvalue weighted by molar-refractivity contribution is -0.0588. The third kappa shape index (κ3) is 1.81. The van der Waals surface area contributed by atoms with Gasteiger partial charge in [-0.3, -0.25) is 0 Å². The van der Waals surface area contributed by atoms with Gasteiger partial charge in [0.15, 0.2) is 0 Å². The van der Waals surface area contributed by atoms with E-state index in [1.807, 2.05) is 0 Å². The molecule has 5 aliphatic rings. The van der Waals surface area contributed by atoms with Gasteiger partial charge >= 0.3 is 0 Å². The van der Waals surface area contributed by atoms with E-state index >= 15 is 0 Å². The third-order valence-corrected chi connectivity index (χ3v) is 8.86. The zero-order valence-electron chi connectivity index (χ0n) is 17.6. The highest BCUT2D eigenvalue weighted by Gasteiger charge is 2.73. The Balaban J connectivity index is 0.00000112. The first-order valence-electron chi connectivity index (χ1n) is 10.4. The lowest BCUT2D eigenvalue weighted by Crippen LogP contribution is -2.68. The van der Waals surface area contributed by atoms with Gasteiger partial charge in [0.25, 0.3) is 0 Å². The molecule has 5 rings (SSSR count). The summed E-state index contributed by atoms with van der Waals surface area (Å²) in [4.78, 5) is 0. The molecule has 0 heterocycles. The average Bonchev–Trinajstić information content (AvgIpc) is 2.57. The molecule has 2 atom stereocenters. The first kappa shape index (κ1) is 18.8. The number of rotatable bonds is 0. The maximum Gasteiger partial charge on any atom is 0.0224 e. The van der Waals surface area contributed by atoms with Gasteiger partial charge in [0, 0.05) is 24.1 Å². The summed E-state index contributed by atoms with van der Waals surface area (Å²) in [6, 6.07) is 0. The summed E-state index contributed by atoms with van der Waals surface area (Å²) in [5, 5.41) is 0. The smallest absolute Gasteiger partial charge is 0.0224 e. The Kier molecular flexibility index (Phi) is 3.67. The van der Waals surface area contributed by atoms with Gasteiger partial charge in [-0.25, -0.2) is 0 Å². The molecule has 0 bridgehead atoms. The van der Waals surface area contributed by atoms with Crippen molar-refractivity contribution in [1.29, 1.82) is 0 Å². The fraction of sp³-hybridized carbons (Fsp3) is 0.556. The van der Waals surface area contributed by atoms with Crippen LogP contribution in [-0.4, -0.2) is 0 Å². The van der Waals surface area contributed by atoms with Crippen LogP contribution < -0.4 is 0 Å². The molecule has 0 aromatic heterocycles. The van der Waals surface area contributed by atoms with Crippen LogP contribution in [0.3, 0.4) is 0 Å². The van der Waals surface area contributed by atoms with E-state index in [0.717, 1.165) is 0 Å². The van der Waals surface area contributed by atoms with Crippen LogP contribution in [0.25, 0.3) is 0 Å². The molecular weight excluding hydrogens is 324 g/mol. The largest absolute Gasteiger partial charge is 0.0776 e. The summed E-state index contributed by atoms with van der Waals surface area (Å²) in [6.45, 7) is 19.0. The van der Waals surface area contributed by atoms with Gasteiger partial charge in [-0.05, 0) is 64.5 Å². The van der Waals surface area contributed by atoms with Crippen LogP contribution >= 0.6 is 0 Å². The van der Waals surface area contributed by atoms with Gasteiger partial charge in [-0.2, -0.15) is 0 Å². The molecule has 2 spiro atoms. The van der Waals surface area contributed by atoms with Gasteiger partial charge in [0.1, 0.15) is 0 Å². The van der Waals surface area contributed by atoms with Crippen molar-refractivity contribution in [3.63, 3.8) is 0 Å². The van der Waals surface area contributed by atoms with E-state index in [0.29, 0.717) is 23.7 Å². The highest BCUT2D eigenvalue weighted by molar-refractivity contribution is 5.64. The third-order valence-electron chi connectivity index (χ3n) is 8.86. The van der Waals surface area contributed by atoms with E-state index < -0.39 is 0 Å². The molecule has 1 fully saturated rings. The van der Waals surface area contributed by atoms with Crippen LogP contribution in [0.15, 0.2) is 68.9 Å². The number of allylic oxidation sites excluding steroid dienone is 12. The Morgan fingerprint density at radius 1 is 0.630 bits per heavy atom. The fourth-order valence-electron chi connectivity index (χ4n) is 7.46. The molecule has 0 heteroatoms. The van der Waals surface area contributed by atoms with Crippen LogP contribution in [0, 0.1) is 34.5 Å². The monoisotopic (exact) mass is 363 g/mol. The zero-order chi connectivity index (χ0) is 18.8. The van der Waals surface area contributed by atoms with Crippen molar-refractivity contribution in [2.45, 2.75) is 62.8 Å². The first-order chi connectivity index (χ1) is 12.2. The molecule has 2 unspecified atom stereocenters. The van der Waals surface area contributed by atoms with E-state index in [4.69, 9.17) is 0 Å². The quantitative estimate of drug-likeness (QED) is 0.385. The van der Waals surface area contributed by atoms with Crippen molar-refractivity contribution in [1.82, 2.24) is 0 Å². The second-order valence-corrected chi connectivity index (χ2v) is 9.90. The Morgan fingerprint density at radius 3 is 1.30 bits per heavy atom. The molecule has 0 N–H and O–H groups in total. The molecule has 1 saturated carbocycles. The number of hydrogen-bond acceptors (Lipinski definition) is 0. The van der Waals surface area contributed by atoms with Crippen LogP contribution in [0.1, 0.15) is 64.2 Å². The molecule has 5 aliphatic carbocycles. The molecule has 0 nitrogen and oxygen atoms in total. The molecule has 0 amide bonds. The van der Waals surface area contributed by atoms with Crippen LogP contribution in [0.4, 0.5) is 0 Å². The van der Waals surface area contributed by atoms with Gasteiger partial charge < -0.3 is 0 Å². The maximum atomic E-state index is 2.67. The van der Waals surface area contributed by atoms with E-state index in [1.165, 1.54) is 11.1 Å². The highest BCUT2D eigenvalue weighted by Crippen LogP contribution is 2.79. The molecule has 27 heavy (non-hydrogen) atoms. The van der Waals surface area contributed by atoms with Crippen LogP contribution in [0.2, 0.25) is 0 Å². The minimum atomic E-state index is 0. The Morgan fingerprint density at radius 2 is 0.963 bits per heavy atom. The molecule has 0 aromatic rings. The van der Waals surface area contributed by atoms with Crippen molar-refractivity contribution in [3.8, 4) is 0 Å². The summed E-state index contributed by atoms with van der Waals surface area (Å²) in [7, 11) is 0. The summed E-state index contributed by atoms with van der Waals surface area (Å²) in [5.74, 6) is 2.37. The summed E-state index contributed by atoms with van der Waals surface area (Å²) in [6.07, 6.45) is 10.6. The van der Waals surface area contributed by atoms with Gasteiger partial charge in [-0.1, -0.05) is 79.0 Å². The topological polar surface area (TPSA) is 0 Å². The minimum absolute atomic E-state index is 0. The average molecular weight is 364 g/mol. The van der Waals surface area contributed by atoms with Crippen molar-refractivity contribution >= 4 is 0 Å². The van der Waals surface area contributed by atoms with Crippen LogP contribution in [0.5, 0.6) is 0 Å². The standard InChI is InChI=1S/C26H32.CH4.H2/c1-13-9-25-10-14(2)19(7)22-20(8)16(4)12-26(24(22)25)11-15(3)18(6)21(17(13)5)23(25)26;;/h9-12,17,20,23-24H,1-8H3;1H4;1H/i;;1+1.